The van der Waals surface area contributed by atoms with E-state index in [0.29, 0.717) is 18.8 Å². The molecule has 132 valence electrons. The smallest absolute Gasteiger partial charge is 0.270 e. The van der Waals surface area contributed by atoms with E-state index in [-0.39, 0.29) is 11.7 Å². The van der Waals surface area contributed by atoms with Crippen molar-refractivity contribution in [3.8, 4) is 0 Å². The number of pyridine rings is 1. The molecule has 0 aliphatic carbocycles. The van der Waals surface area contributed by atoms with Gasteiger partial charge in [-0.2, -0.15) is 0 Å². The first kappa shape index (κ1) is 17.6. The van der Waals surface area contributed by atoms with Gasteiger partial charge in [0, 0.05) is 25.0 Å². The summed E-state index contributed by atoms with van der Waals surface area (Å²) in [5, 5.41) is 6.09. The highest BCUT2D eigenvalue weighted by atomic mass is 19.1. The summed E-state index contributed by atoms with van der Waals surface area (Å²) in [6.07, 6.45) is 1.60. The Labute approximate surface area is 152 Å². The van der Waals surface area contributed by atoms with Crippen LogP contribution >= 0.6 is 0 Å². The van der Waals surface area contributed by atoms with E-state index in [1.54, 1.807) is 24.4 Å². The maximum Gasteiger partial charge on any atom is 0.270 e. The molecule has 2 aromatic carbocycles. The summed E-state index contributed by atoms with van der Waals surface area (Å²) in [6.45, 7) is 3.05. The number of aromatic nitrogens is 1. The van der Waals surface area contributed by atoms with Gasteiger partial charge < -0.3 is 10.6 Å². The second-order valence-corrected chi connectivity index (χ2v) is 6.08. The lowest BCUT2D eigenvalue weighted by molar-refractivity contribution is 0.0946. The Morgan fingerprint density at radius 1 is 1.00 bits per heavy atom. The predicted molar refractivity (Wildman–Crippen MR) is 100 cm³/mol. The quantitative estimate of drug-likeness (QED) is 0.705. The van der Waals surface area contributed by atoms with Crippen molar-refractivity contribution in [2.24, 2.45) is 0 Å². The van der Waals surface area contributed by atoms with Gasteiger partial charge >= 0.3 is 0 Å². The maximum absolute atomic E-state index is 12.9. The Balaban J connectivity index is 1.59. The molecule has 5 heteroatoms. The summed E-state index contributed by atoms with van der Waals surface area (Å²) in [4.78, 5) is 16.4. The van der Waals surface area contributed by atoms with Gasteiger partial charge in [0.25, 0.3) is 5.91 Å². The monoisotopic (exact) mass is 349 g/mol. The number of rotatable bonds is 6. The number of hydrogen-bond acceptors (Lipinski definition) is 3. The molecule has 1 aromatic heterocycles. The van der Waals surface area contributed by atoms with Crippen LogP contribution in [0.15, 0.2) is 66.9 Å². The molecule has 2 N–H and O–H groups in total. The van der Waals surface area contributed by atoms with Gasteiger partial charge in [0.2, 0.25) is 0 Å². The molecule has 0 unspecified atom stereocenters. The maximum atomic E-state index is 12.9. The molecule has 0 saturated heterocycles. The van der Waals surface area contributed by atoms with E-state index < -0.39 is 0 Å². The Morgan fingerprint density at radius 2 is 1.81 bits per heavy atom. The molecule has 0 fully saturated rings. The average Bonchev–Trinajstić information content (AvgIpc) is 2.66. The van der Waals surface area contributed by atoms with Crippen LogP contribution in [-0.2, 0) is 13.1 Å². The van der Waals surface area contributed by atoms with Gasteiger partial charge in [0.05, 0.1) is 0 Å². The number of benzene rings is 2. The molecule has 1 heterocycles. The van der Waals surface area contributed by atoms with Crippen LogP contribution in [-0.4, -0.2) is 10.9 Å². The molecule has 0 aliphatic rings. The van der Waals surface area contributed by atoms with E-state index >= 15 is 0 Å². The standard InChI is InChI=1S/C21H20FN3O/c1-15-3-2-4-17(11-15)14-24-19-9-10-23-20(12-19)21(26)25-13-16-5-7-18(22)8-6-16/h2-12H,13-14H2,1H3,(H,23,24)(H,25,26). The molecule has 0 radical (unpaired) electrons. The molecule has 26 heavy (non-hydrogen) atoms. The number of carbonyl (C=O) groups excluding carboxylic acids is 1. The van der Waals surface area contributed by atoms with Crippen molar-refractivity contribution < 1.29 is 9.18 Å². The normalized spacial score (nSPS) is 10.4. The van der Waals surface area contributed by atoms with Gasteiger partial charge in [-0.25, -0.2) is 4.39 Å². The van der Waals surface area contributed by atoms with Crippen molar-refractivity contribution in [2.75, 3.05) is 5.32 Å². The largest absolute Gasteiger partial charge is 0.381 e. The number of aryl methyl sites for hydroxylation is 1. The molecule has 0 atom stereocenters. The number of nitrogens with one attached hydrogen (secondary N) is 2. The third kappa shape index (κ3) is 4.89. The fraction of sp³-hybridized carbons (Fsp3) is 0.143. The van der Waals surface area contributed by atoms with E-state index in [0.717, 1.165) is 11.3 Å². The van der Waals surface area contributed by atoms with Crippen molar-refractivity contribution in [1.82, 2.24) is 10.3 Å². The summed E-state index contributed by atoms with van der Waals surface area (Å²) in [5.41, 5.74) is 4.37. The Morgan fingerprint density at radius 3 is 2.58 bits per heavy atom. The summed E-state index contributed by atoms with van der Waals surface area (Å²) < 4.78 is 12.9. The first-order chi connectivity index (χ1) is 12.6. The van der Waals surface area contributed by atoms with E-state index in [1.807, 2.05) is 12.1 Å². The highest BCUT2D eigenvalue weighted by Crippen LogP contribution is 2.12. The third-order valence-corrected chi connectivity index (χ3v) is 3.94. The molecular weight excluding hydrogens is 329 g/mol. The molecular formula is C21H20FN3O. The Kier molecular flexibility index (Phi) is 5.59. The van der Waals surface area contributed by atoms with Gasteiger partial charge in [0.1, 0.15) is 11.5 Å². The van der Waals surface area contributed by atoms with Gasteiger partial charge in [-0.3, -0.25) is 9.78 Å². The highest BCUT2D eigenvalue weighted by Gasteiger charge is 2.08. The van der Waals surface area contributed by atoms with E-state index in [4.69, 9.17) is 0 Å². The average molecular weight is 349 g/mol. The lowest BCUT2D eigenvalue weighted by Gasteiger charge is -2.09. The number of halogens is 1. The van der Waals surface area contributed by atoms with Gasteiger partial charge in [0.15, 0.2) is 0 Å². The van der Waals surface area contributed by atoms with Crippen LogP contribution in [0.5, 0.6) is 0 Å². The third-order valence-electron chi connectivity index (χ3n) is 3.94. The minimum atomic E-state index is -0.297. The van der Waals surface area contributed by atoms with Crippen LogP contribution in [0.4, 0.5) is 10.1 Å². The Bertz CT molecular complexity index is 894. The van der Waals surface area contributed by atoms with Crippen molar-refractivity contribution in [3.63, 3.8) is 0 Å². The zero-order valence-corrected chi connectivity index (χ0v) is 14.5. The molecule has 0 bridgehead atoms. The second-order valence-electron chi connectivity index (χ2n) is 6.08. The van der Waals surface area contributed by atoms with Crippen molar-refractivity contribution >= 4 is 11.6 Å². The van der Waals surface area contributed by atoms with E-state index in [1.165, 1.54) is 23.3 Å². The number of carbonyl (C=O) groups is 1. The zero-order chi connectivity index (χ0) is 18.4. The summed E-state index contributed by atoms with van der Waals surface area (Å²) in [7, 11) is 0. The number of nitrogens with zero attached hydrogens (tertiary/aromatic N) is 1. The highest BCUT2D eigenvalue weighted by molar-refractivity contribution is 5.93. The predicted octanol–water partition coefficient (Wildman–Crippen LogP) is 4.07. The molecule has 3 aromatic rings. The molecule has 1 amide bonds. The molecule has 4 nitrogen and oxygen atoms in total. The number of hydrogen-bond donors (Lipinski definition) is 2. The van der Waals surface area contributed by atoms with Crippen molar-refractivity contribution in [2.45, 2.75) is 20.0 Å². The number of amides is 1. The van der Waals surface area contributed by atoms with Crippen LogP contribution in [0.25, 0.3) is 0 Å². The minimum Gasteiger partial charge on any atom is -0.381 e. The first-order valence-electron chi connectivity index (χ1n) is 8.38. The van der Waals surface area contributed by atoms with Crippen LogP contribution < -0.4 is 10.6 Å². The van der Waals surface area contributed by atoms with Crippen molar-refractivity contribution in [1.29, 1.82) is 0 Å². The van der Waals surface area contributed by atoms with E-state index in [2.05, 4.69) is 40.7 Å². The summed E-state index contributed by atoms with van der Waals surface area (Å²) in [6, 6.07) is 17.8. The lowest BCUT2D eigenvalue weighted by Crippen LogP contribution is -2.23. The first-order valence-corrected chi connectivity index (χ1v) is 8.38. The Hall–Kier alpha value is -3.21. The van der Waals surface area contributed by atoms with Crippen LogP contribution in [0.1, 0.15) is 27.2 Å². The molecule has 0 spiro atoms. The lowest BCUT2D eigenvalue weighted by atomic mass is 10.1. The fourth-order valence-corrected chi connectivity index (χ4v) is 2.57. The van der Waals surface area contributed by atoms with E-state index in [9.17, 15) is 9.18 Å². The summed E-state index contributed by atoms with van der Waals surface area (Å²) in [5.74, 6) is -0.567. The van der Waals surface area contributed by atoms with Gasteiger partial charge in [-0.1, -0.05) is 42.0 Å². The van der Waals surface area contributed by atoms with Gasteiger partial charge in [-0.15, -0.1) is 0 Å². The SMILES string of the molecule is Cc1cccc(CNc2ccnc(C(=O)NCc3ccc(F)cc3)c2)c1. The minimum absolute atomic E-state index is 0.270. The van der Waals surface area contributed by atoms with Crippen molar-refractivity contribution in [3.05, 3.63) is 95.1 Å². The topological polar surface area (TPSA) is 54.0 Å². The molecule has 0 aliphatic heterocycles. The molecule has 0 saturated carbocycles. The van der Waals surface area contributed by atoms with Crippen LogP contribution in [0, 0.1) is 12.7 Å². The van der Waals surface area contributed by atoms with Crippen LogP contribution in [0.2, 0.25) is 0 Å². The number of anilines is 1. The fourth-order valence-electron chi connectivity index (χ4n) is 2.57. The second kappa shape index (κ2) is 8.25. The van der Waals surface area contributed by atoms with Crippen LogP contribution in [0.3, 0.4) is 0 Å². The molecule has 3 rings (SSSR count). The summed E-state index contributed by atoms with van der Waals surface area (Å²) >= 11 is 0. The zero-order valence-electron chi connectivity index (χ0n) is 14.5. The van der Waals surface area contributed by atoms with Gasteiger partial charge in [-0.05, 0) is 42.3 Å².